The Labute approximate surface area is 172 Å². The first-order valence-electron chi connectivity index (χ1n) is 9.48. The van der Waals surface area contributed by atoms with Gasteiger partial charge < -0.3 is 9.26 Å². The van der Waals surface area contributed by atoms with Gasteiger partial charge in [-0.25, -0.2) is 13.1 Å². The summed E-state index contributed by atoms with van der Waals surface area (Å²) in [5.74, 6) is 0.568. The first-order valence-corrected chi connectivity index (χ1v) is 11.1. The zero-order valence-corrected chi connectivity index (χ0v) is 16.8. The third kappa shape index (κ3) is 3.66. The molecule has 1 saturated heterocycles. The van der Waals surface area contributed by atoms with Crippen LogP contribution in [0.2, 0.25) is 0 Å². The Bertz CT molecular complexity index is 1260. The number of hydrogen-bond acceptors (Lipinski definition) is 7. The van der Waals surface area contributed by atoms with Crippen LogP contribution in [0.15, 0.2) is 65.3 Å². The number of aromatic nitrogens is 4. The molecule has 3 heterocycles. The molecule has 0 amide bonds. The minimum Gasteiger partial charge on any atom is -0.487 e. The van der Waals surface area contributed by atoms with Crippen molar-refractivity contribution in [2.45, 2.75) is 18.4 Å². The number of nitrogens with zero attached hydrogens (tertiary/aromatic N) is 5. The Morgan fingerprint density at radius 3 is 2.67 bits per heavy atom. The zero-order chi connectivity index (χ0) is 20.6. The monoisotopic (exact) mass is 425 g/mol. The zero-order valence-electron chi connectivity index (χ0n) is 16.0. The van der Waals surface area contributed by atoms with E-state index < -0.39 is 10.0 Å². The molecule has 0 bridgehead atoms. The van der Waals surface area contributed by atoms with Crippen LogP contribution in [0.25, 0.3) is 11.0 Å². The van der Waals surface area contributed by atoms with Gasteiger partial charge in [0.25, 0.3) is 0 Å². The van der Waals surface area contributed by atoms with Gasteiger partial charge in [0.15, 0.2) is 5.58 Å². The second-order valence-corrected chi connectivity index (χ2v) is 9.11. The number of rotatable bonds is 7. The van der Waals surface area contributed by atoms with Crippen molar-refractivity contribution >= 4 is 21.0 Å². The van der Waals surface area contributed by atoms with Gasteiger partial charge in [0, 0.05) is 18.5 Å². The van der Waals surface area contributed by atoms with E-state index in [-0.39, 0.29) is 11.8 Å². The highest BCUT2D eigenvalue weighted by Crippen LogP contribution is 2.27. The van der Waals surface area contributed by atoms with Gasteiger partial charge >= 0.3 is 0 Å². The van der Waals surface area contributed by atoms with Gasteiger partial charge in [-0.05, 0) is 24.3 Å². The first-order chi connectivity index (χ1) is 14.6. The summed E-state index contributed by atoms with van der Waals surface area (Å²) < 4.78 is 39.5. The van der Waals surface area contributed by atoms with Crippen LogP contribution in [0.1, 0.15) is 17.4 Å². The van der Waals surface area contributed by atoms with Crippen LogP contribution in [-0.4, -0.2) is 46.0 Å². The molecule has 154 valence electrons. The fourth-order valence-electron chi connectivity index (χ4n) is 3.35. The van der Waals surface area contributed by atoms with Gasteiger partial charge in [-0.1, -0.05) is 40.7 Å². The lowest BCUT2D eigenvalue weighted by Crippen LogP contribution is -2.51. The number of para-hydroxylation sites is 2. The van der Waals surface area contributed by atoms with Gasteiger partial charge in [0.05, 0.1) is 12.2 Å². The van der Waals surface area contributed by atoms with Crippen LogP contribution >= 0.6 is 0 Å². The Morgan fingerprint density at radius 2 is 1.83 bits per heavy atom. The van der Waals surface area contributed by atoms with Crippen molar-refractivity contribution in [3.05, 3.63) is 72.2 Å². The van der Waals surface area contributed by atoms with Crippen molar-refractivity contribution in [2.24, 2.45) is 0 Å². The molecule has 30 heavy (non-hydrogen) atoms. The molecule has 10 heteroatoms. The van der Waals surface area contributed by atoms with E-state index in [0.717, 1.165) is 11.1 Å². The fourth-order valence-corrected chi connectivity index (χ4v) is 4.88. The molecule has 1 aliphatic heterocycles. The van der Waals surface area contributed by atoms with Crippen molar-refractivity contribution in [1.82, 2.24) is 24.5 Å². The van der Waals surface area contributed by atoms with Gasteiger partial charge in [-0.15, -0.1) is 5.10 Å². The second kappa shape index (κ2) is 7.54. The molecule has 0 radical (unpaired) electrons. The smallest absolute Gasteiger partial charge is 0.220 e. The maximum atomic E-state index is 12.7. The molecule has 2 aromatic heterocycles. The summed E-state index contributed by atoms with van der Waals surface area (Å²) in [4.78, 5) is 0. The summed E-state index contributed by atoms with van der Waals surface area (Å²) in [5.41, 5.74) is 1.70. The van der Waals surface area contributed by atoms with Crippen molar-refractivity contribution < 1.29 is 17.7 Å². The van der Waals surface area contributed by atoms with Crippen LogP contribution in [0.4, 0.5) is 0 Å². The van der Waals surface area contributed by atoms with Crippen LogP contribution in [0.3, 0.4) is 0 Å². The predicted molar refractivity (Wildman–Crippen MR) is 108 cm³/mol. The van der Waals surface area contributed by atoms with Crippen molar-refractivity contribution in [2.75, 3.05) is 13.1 Å². The first kappa shape index (κ1) is 18.8. The Kier molecular flexibility index (Phi) is 4.72. The molecule has 0 aliphatic carbocycles. The number of fused-ring (bicyclic) bond motifs is 1. The second-order valence-electron chi connectivity index (χ2n) is 7.14. The average Bonchev–Trinajstić information content (AvgIpc) is 3.33. The molecule has 0 spiro atoms. The summed E-state index contributed by atoms with van der Waals surface area (Å²) in [6.45, 7) is 0.999. The Hall–Kier alpha value is -3.24. The van der Waals surface area contributed by atoms with Gasteiger partial charge in [0.2, 0.25) is 10.0 Å². The van der Waals surface area contributed by atoms with Crippen molar-refractivity contribution in [1.29, 1.82) is 0 Å². The van der Waals surface area contributed by atoms with Crippen LogP contribution < -0.4 is 4.74 Å². The van der Waals surface area contributed by atoms with Crippen molar-refractivity contribution in [3.8, 4) is 5.75 Å². The number of benzene rings is 2. The number of sulfonamides is 1. The molecular weight excluding hydrogens is 406 g/mol. The highest BCUT2D eigenvalue weighted by atomic mass is 32.2. The predicted octanol–water partition coefficient (Wildman–Crippen LogP) is 2.39. The number of ether oxygens (including phenoxy) is 1. The third-order valence-corrected chi connectivity index (χ3v) is 6.78. The van der Waals surface area contributed by atoms with E-state index in [1.165, 1.54) is 4.31 Å². The van der Waals surface area contributed by atoms with E-state index in [1.807, 2.05) is 48.5 Å². The SMILES string of the molecule is O=S(=O)(Cc1noc2ccccc12)N1CC(n2cc(COc3ccccc3)nn2)C1. The lowest BCUT2D eigenvalue weighted by atomic mass is 10.2. The summed E-state index contributed by atoms with van der Waals surface area (Å²) in [5, 5.41) is 12.9. The van der Waals surface area contributed by atoms with Gasteiger partial charge in [0.1, 0.15) is 29.5 Å². The van der Waals surface area contributed by atoms with Gasteiger partial charge in [-0.2, -0.15) is 4.31 Å². The topological polar surface area (TPSA) is 103 Å². The van der Waals surface area contributed by atoms with Crippen LogP contribution in [0, 0.1) is 0 Å². The molecule has 0 atom stereocenters. The summed E-state index contributed by atoms with van der Waals surface area (Å²) in [6, 6.07) is 16.6. The van der Waals surface area contributed by atoms with Crippen LogP contribution in [-0.2, 0) is 22.4 Å². The molecule has 0 N–H and O–H groups in total. The van der Waals surface area contributed by atoms with Gasteiger partial charge in [-0.3, -0.25) is 0 Å². The molecule has 5 rings (SSSR count). The van der Waals surface area contributed by atoms with E-state index in [1.54, 1.807) is 16.9 Å². The highest BCUT2D eigenvalue weighted by Gasteiger charge is 2.38. The van der Waals surface area contributed by atoms with E-state index in [4.69, 9.17) is 9.26 Å². The fraction of sp³-hybridized carbons (Fsp3) is 0.250. The summed E-state index contributed by atoms with van der Waals surface area (Å²) in [7, 11) is -3.49. The molecular formula is C20H19N5O4S. The maximum Gasteiger partial charge on any atom is 0.220 e. The summed E-state index contributed by atoms with van der Waals surface area (Å²) in [6.07, 6.45) is 1.79. The molecule has 0 saturated carbocycles. The third-order valence-electron chi connectivity index (χ3n) is 5.06. The summed E-state index contributed by atoms with van der Waals surface area (Å²) >= 11 is 0. The Morgan fingerprint density at radius 1 is 1.07 bits per heavy atom. The maximum absolute atomic E-state index is 12.7. The van der Waals surface area contributed by atoms with E-state index in [0.29, 0.717) is 36.7 Å². The molecule has 4 aromatic rings. The number of hydrogen-bond donors (Lipinski definition) is 0. The van der Waals surface area contributed by atoms with Crippen LogP contribution in [0.5, 0.6) is 5.75 Å². The van der Waals surface area contributed by atoms with E-state index in [2.05, 4.69) is 15.5 Å². The largest absolute Gasteiger partial charge is 0.487 e. The quantitative estimate of drug-likeness (QED) is 0.448. The lowest BCUT2D eigenvalue weighted by Gasteiger charge is -2.37. The van der Waals surface area contributed by atoms with E-state index in [9.17, 15) is 8.42 Å². The molecule has 9 nitrogen and oxygen atoms in total. The highest BCUT2D eigenvalue weighted by molar-refractivity contribution is 7.88. The lowest BCUT2D eigenvalue weighted by molar-refractivity contribution is 0.188. The minimum atomic E-state index is -3.49. The standard InChI is InChI=1S/C20H19N5O4S/c26-30(27,14-19-18-8-4-5-9-20(18)29-22-19)24-11-16(12-24)25-10-15(21-23-25)13-28-17-6-2-1-3-7-17/h1-10,16H,11-14H2. The molecule has 1 fully saturated rings. The molecule has 0 unspecified atom stereocenters. The average molecular weight is 425 g/mol. The molecule has 2 aromatic carbocycles. The van der Waals surface area contributed by atoms with E-state index >= 15 is 0 Å². The molecule has 1 aliphatic rings. The minimum absolute atomic E-state index is 0.0493. The van der Waals surface area contributed by atoms with Crippen molar-refractivity contribution in [3.63, 3.8) is 0 Å². The normalized spacial score (nSPS) is 15.3. The Balaban J connectivity index is 1.19.